The minimum Gasteiger partial charge on any atom is -0.383 e. The molecule has 0 aliphatic carbocycles. The van der Waals surface area contributed by atoms with Crippen molar-refractivity contribution in [2.45, 2.75) is 18.2 Å². The molecule has 5 nitrogen and oxygen atoms in total. The molecule has 0 saturated carbocycles. The van der Waals surface area contributed by atoms with E-state index in [1.165, 1.54) is 11.8 Å². The van der Waals surface area contributed by atoms with Gasteiger partial charge < -0.3 is 14.6 Å². The van der Waals surface area contributed by atoms with Gasteiger partial charge in [0.1, 0.15) is 0 Å². The first-order valence-corrected chi connectivity index (χ1v) is 10.1. The van der Waals surface area contributed by atoms with E-state index in [1.807, 2.05) is 41.0 Å². The molecule has 0 atom stereocenters. The number of methoxy groups -OCH3 is 1. The van der Waals surface area contributed by atoms with Crippen molar-refractivity contribution in [1.29, 1.82) is 0 Å². The van der Waals surface area contributed by atoms with E-state index in [0.717, 1.165) is 21.8 Å². The van der Waals surface area contributed by atoms with Crippen LogP contribution >= 0.6 is 35.0 Å². The van der Waals surface area contributed by atoms with Gasteiger partial charge in [-0.3, -0.25) is 4.79 Å². The number of nitrogens with one attached hydrogen (secondary N) is 1. The van der Waals surface area contributed by atoms with Crippen LogP contribution < -0.4 is 5.32 Å². The Bertz CT molecular complexity index is 946. The molecular weight excluding hydrogens is 405 g/mol. The SMILES string of the molecule is COCCn1c(SCC(=O)NCc2ccccc2Cl)nc2cc(Cl)ccc21. The van der Waals surface area contributed by atoms with Crippen LogP contribution in [0.2, 0.25) is 10.0 Å². The van der Waals surface area contributed by atoms with Gasteiger partial charge in [0.05, 0.1) is 23.4 Å². The lowest BCUT2D eigenvalue weighted by Crippen LogP contribution is -2.24. The number of carbonyl (C=O) groups excluding carboxylic acids is 1. The zero-order valence-electron chi connectivity index (χ0n) is 14.7. The Morgan fingerprint density at radius 2 is 2.07 bits per heavy atom. The van der Waals surface area contributed by atoms with Gasteiger partial charge in [0.25, 0.3) is 0 Å². The van der Waals surface area contributed by atoms with Gasteiger partial charge in [-0.1, -0.05) is 53.2 Å². The number of imidazole rings is 1. The molecular formula is C19H19Cl2N3O2S. The van der Waals surface area contributed by atoms with Gasteiger partial charge in [-0.05, 0) is 29.8 Å². The second-order valence-electron chi connectivity index (χ2n) is 5.83. The zero-order valence-corrected chi connectivity index (χ0v) is 17.1. The van der Waals surface area contributed by atoms with E-state index in [4.69, 9.17) is 27.9 Å². The average Bonchev–Trinajstić information content (AvgIpc) is 3.00. The number of amides is 1. The van der Waals surface area contributed by atoms with Gasteiger partial charge in [0.2, 0.25) is 5.91 Å². The van der Waals surface area contributed by atoms with E-state index in [1.54, 1.807) is 13.2 Å². The molecule has 0 saturated heterocycles. The Labute approximate surface area is 172 Å². The van der Waals surface area contributed by atoms with E-state index in [0.29, 0.717) is 29.7 Å². The molecule has 0 radical (unpaired) electrons. The first-order valence-electron chi connectivity index (χ1n) is 8.36. The Morgan fingerprint density at radius 1 is 1.26 bits per heavy atom. The summed E-state index contributed by atoms with van der Waals surface area (Å²) in [5.41, 5.74) is 2.66. The van der Waals surface area contributed by atoms with Crippen molar-refractivity contribution < 1.29 is 9.53 Å². The Balaban J connectivity index is 1.66. The third kappa shape index (κ3) is 5.17. The maximum Gasteiger partial charge on any atom is 0.230 e. The number of nitrogens with zero attached hydrogens (tertiary/aromatic N) is 2. The lowest BCUT2D eigenvalue weighted by Gasteiger charge is -2.09. The highest BCUT2D eigenvalue weighted by Crippen LogP contribution is 2.26. The highest BCUT2D eigenvalue weighted by atomic mass is 35.5. The molecule has 1 heterocycles. The summed E-state index contributed by atoms with van der Waals surface area (Å²) < 4.78 is 7.23. The monoisotopic (exact) mass is 423 g/mol. The van der Waals surface area contributed by atoms with Gasteiger partial charge in [0.15, 0.2) is 5.16 Å². The van der Waals surface area contributed by atoms with Crippen LogP contribution in [0.1, 0.15) is 5.56 Å². The molecule has 1 aromatic heterocycles. The Morgan fingerprint density at radius 3 is 2.85 bits per heavy atom. The van der Waals surface area contributed by atoms with Crippen LogP contribution in [-0.4, -0.2) is 34.9 Å². The quantitative estimate of drug-likeness (QED) is 0.545. The molecule has 0 aliphatic heterocycles. The van der Waals surface area contributed by atoms with Crippen LogP contribution in [0, 0.1) is 0 Å². The van der Waals surface area contributed by atoms with Crippen LogP contribution in [-0.2, 0) is 22.6 Å². The van der Waals surface area contributed by atoms with Gasteiger partial charge >= 0.3 is 0 Å². The molecule has 8 heteroatoms. The summed E-state index contributed by atoms with van der Waals surface area (Å²) >= 11 is 13.6. The maximum absolute atomic E-state index is 12.2. The predicted octanol–water partition coefficient (Wildman–Crippen LogP) is 4.40. The summed E-state index contributed by atoms with van der Waals surface area (Å²) in [6, 6.07) is 13.0. The summed E-state index contributed by atoms with van der Waals surface area (Å²) in [5, 5.41) is 4.92. The van der Waals surface area contributed by atoms with Crippen molar-refractivity contribution >= 4 is 51.9 Å². The van der Waals surface area contributed by atoms with Crippen LogP contribution in [0.4, 0.5) is 0 Å². The number of ether oxygens (including phenoxy) is 1. The van der Waals surface area contributed by atoms with E-state index >= 15 is 0 Å². The van der Waals surface area contributed by atoms with Crippen LogP contribution in [0.3, 0.4) is 0 Å². The molecule has 3 aromatic rings. The fourth-order valence-corrected chi connectivity index (χ4v) is 3.85. The van der Waals surface area contributed by atoms with Crippen molar-refractivity contribution in [1.82, 2.24) is 14.9 Å². The molecule has 0 aliphatic rings. The van der Waals surface area contributed by atoms with Gasteiger partial charge in [-0.15, -0.1) is 0 Å². The largest absolute Gasteiger partial charge is 0.383 e. The number of aromatic nitrogens is 2. The fourth-order valence-electron chi connectivity index (χ4n) is 2.61. The lowest BCUT2D eigenvalue weighted by molar-refractivity contribution is -0.118. The Hall–Kier alpha value is -1.73. The zero-order chi connectivity index (χ0) is 19.2. The number of hydrogen-bond acceptors (Lipinski definition) is 4. The number of halogens is 2. The van der Waals surface area contributed by atoms with Crippen LogP contribution in [0.5, 0.6) is 0 Å². The number of rotatable bonds is 8. The summed E-state index contributed by atoms with van der Waals surface area (Å²) in [7, 11) is 1.66. The minimum absolute atomic E-state index is 0.0803. The first-order chi connectivity index (χ1) is 13.1. The summed E-state index contributed by atoms with van der Waals surface area (Å²) in [6.45, 7) is 1.60. The normalized spacial score (nSPS) is 11.1. The molecule has 0 bridgehead atoms. The first kappa shape index (κ1) is 20.0. The summed E-state index contributed by atoms with van der Waals surface area (Å²) in [4.78, 5) is 16.9. The second kappa shape index (κ2) is 9.46. The van der Waals surface area contributed by atoms with Crippen molar-refractivity contribution in [2.75, 3.05) is 19.5 Å². The van der Waals surface area contributed by atoms with E-state index in [2.05, 4.69) is 10.3 Å². The molecule has 3 rings (SSSR count). The molecule has 142 valence electrons. The van der Waals surface area contributed by atoms with Gasteiger partial charge in [-0.2, -0.15) is 0 Å². The highest BCUT2D eigenvalue weighted by molar-refractivity contribution is 7.99. The molecule has 0 spiro atoms. The number of hydrogen-bond donors (Lipinski definition) is 1. The van der Waals surface area contributed by atoms with Crippen molar-refractivity contribution in [3.8, 4) is 0 Å². The third-order valence-electron chi connectivity index (χ3n) is 3.96. The van der Waals surface area contributed by atoms with Crippen LogP contribution in [0.25, 0.3) is 11.0 Å². The lowest BCUT2D eigenvalue weighted by atomic mass is 10.2. The highest BCUT2D eigenvalue weighted by Gasteiger charge is 2.13. The number of fused-ring (bicyclic) bond motifs is 1. The second-order valence-corrected chi connectivity index (χ2v) is 7.61. The van der Waals surface area contributed by atoms with Crippen molar-refractivity contribution in [2.24, 2.45) is 0 Å². The molecule has 1 N–H and O–H groups in total. The van der Waals surface area contributed by atoms with Crippen molar-refractivity contribution in [3.05, 3.63) is 58.1 Å². The fraction of sp³-hybridized carbons (Fsp3) is 0.263. The molecule has 1 amide bonds. The Kier molecular flexibility index (Phi) is 7.01. The number of benzene rings is 2. The van der Waals surface area contributed by atoms with Crippen molar-refractivity contribution in [3.63, 3.8) is 0 Å². The van der Waals surface area contributed by atoms with E-state index < -0.39 is 0 Å². The topological polar surface area (TPSA) is 56.1 Å². The summed E-state index contributed by atoms with van der Waals surface area (Å²) in [5.74, 6) is 0.178. The van der Waals surface area contributed by atoms with Gasteiger partial charge in [-0.25, -0.2) is 4.98 Å². The number of carbonyl (C=O) groups is 1. The average molecular weight is 424 g/mol. The van der Waals surface area contributed by atoms with Gasteiger partial charge in [0, 0.05) is 30.2 Å². The number of thioether (sulfide) groups is 1. The molecule has 0 unspecified atom stereocenters. The smallest absolute Gasteiger partial charge is 0.230 e. The minimum atomic E-state index is -0.0803. The van der Waals surface area contributed by atoms with E-state index in [-0.39, 0.29) is 11.7 Å². The van der Waals surface area contributed by atoms with E-state index in [9.17, 15) is 4.79 Å². The summed E-state index contributed by atoms with van der Waals surface area (Å²) in [6.07, 6.45) is 0. The maximum atomic E-state index is 12.2. The molecule has 0 fully saturated rings. The third-order valence-corrected chi connectivity index (χ3v) is 5.54. The van der Waals surface area contributed by atoms with Crippen LogP contribution in [0.15, 0.2) is 47.6 Å². The molecule has 2 aromatic carbocycles. The predicted molar refractivity (Wildman–Crippen MR) is 111 cm³/mol. The molecule has 27 heavy (non-hydrogen) atoms. The standard InChI is InChI=1S/C19H19Cl2N3O2S/c1-26-9-8-24-17-7-6-14(20)10-16(17)23-19(24)27-12-18(25)22-11-13-4-2-3-5-15(13)21/h2-7,10H,8-9,11-12H2,1H3,(H,22,25).